The Bertz CT molecular complexity index is 4980. The predicted octanol–water partition coefficient (Wildman–Crippen LogP) is 24.0. The van der Waals surface area contributed by atoms with Crippen molar-refractivity contribution in [3.63, 3.8) is 0 Å². The van der Waals surface area contributed by atoms with Gasteiger partial charge in [-0.3, -0.25) is 0 Å². The fourth-order valence-corrected chi connectivity index (χ4v) is 15.4. The molecule has 0 aliphatic heterocycles. The van der Waals surface area contributed by atoms with Gasteiger partial charge in [0.05, 0.1) is 0 Å². The zero-order valence-electron chi connectivity index (χ0n) is 50.2. The fraction of sp³-hybridized carbons (Fsp3) is 0.220. The van der Waals surface area contributed by atoms with Gasteiger partial charge >= 0.3 is 0 Å². The molecule has 0 fully saturated rings. The summed E-state index contributed by atoms with van der Waals surface area (Å²) in [6, 6.07) is 68.0. The lowest BCUT2D eigenvalue weighted by Gasteiger charge is -2.28. The van der Waals surface area contributed by atoms with E-state index < -0.39 is 0 Å². The molecule has 0 amide bonds. The molecule has 0 bridgehead atoms. The maximum atomic E-state index is 2.62. The van der Waals surface area contributed by atoms with Gasteiger partial charge in [-0.15, -0.1) is 0 Å². The number of benzene rings is 13. The molecular weight excluding hydrogens is 985 g/mol. The highest BCUT2D eigenvalue weighted by atomic mass is 14.4. The first-order valence-corrected chi connectivity index (χ1v) is 30.0. The minimum Gasteiger partial charge on any atom is -0.0617 e. The molecule has 15 aromatic rings. The van der Waals surface area contributed by atoms with Gasteiger partial charge < -0.3 is 0 Å². The molecule has 0 N–H and O–H groups in total. The largest absolute Gasteiger partial charge is 0.0617 e. The summed E-state index contributed by atoms with van der Waals surface area (Å²) in [5.74, 6) is 0. The van der Waals surface area contributed by atoms with E-state index >= 15 is 0 Å². The first kappa shape index (κ1) is 49.5. The third-order valence-corrected chi connectivity index (χ3v) is 19.6. The Morgan fingerprint density at radius 1 is 0.220 bits per heavy atom. The van der Waals surface area contributed by atoms with Crippen LogP contribution in [-0.4, -0.2) is 0 Å². The first-order valence-electron chi connectivity index (χ1n) is 30.0. The number of fused-ring (bicyclic) bond motifs is 12. The lowest BCUT2D eigenvalue weighted by atomic mass is 9.76. The molecule has 16 rings (SSSR count). The van der Waals surface area contributed by atoms with Gasteiger partial charge in [-0.05, 0) is 250 Å². The topological polar surface area (TPSA) is 0 Å². The van der Waals surface area contributed by atoms with Gasteiger partial charge in [0.2, 0.25) is 0 Å². The number of rotatable bonds is 3. The molecule has 0 spiro atoms. The smallest absolute Gasteiger partial charge is 0.000740 e. The highest BCUT2D eigenvalue weighted by molar-refractivity contribution is 6.47. The van der Waals surface area contributed by atoms with Gasteiger partial charge in [-0.1, -0.05) is 235 Å². The molecule has 0 saturated heterocycles. The SMILES string of the molecule is Cc1cccc(C)c1-c1ccc2c(c1)-c1ccc3c4ccc5c6c(-c7cc(C(C)(C)C)cc(C(C)(C)C)c7)c7cc8c(cc7c(-c7cc(C(C)(C)C)cc(C(C)(C)C)c7)c6c6ccc(c7ccc-2c1c73)c4c65)c1cccc2cccc8c21. The molecule has 15 aromatic carbocycles. The second kappa shape index (κ2) is 16.2. The number of aryl methyl sites for hydroxylation is 2. The second-order valence-electron chi connectivity index (χ2n) is 28.9. The molecule has 82 heavy (non-hydrogen) atoms. The summed E-state index contributed by atoms with van der Waals surface area (Å²) >= 11 is 0. The third-order valence-electron chi connectivity index (χ3n) is 19.6. The summed E-state index contributed by atoms with van der Waals surface area (Å²) in [5, 5.41) is 26.8. The quantitative estimate of drug-likeness (QED) is 0.122. The molecule has 1 aliphatic carbocycles. The summed E-state index contributed by atoms with van der Waals surface area (Å²) in [4.78, 5) is 0. The normalized spacial score (nSPS) is 13.5. The lowest BCUT2D eigenvalue weighted by Crippen LogP contribution is -2.16. The predicted molar refractivity (Wildman–Crippen MR) is 360 cm³/mol. The molecule has 0 aromatic heterocycles. The van der Waals surface area contributed by atoms with Crippen molar-refractivity contribution in [2.24, 2.45) is 0 Å². The van der Waals surface area contributed by atoms with Crippen LogP contribution in [0.4, 0.5) is 0 Å². The first-order chi connectivity index (χ1) is 39.0. The number of hydrogen-bond acceptors (Lipinski definition) is 0. The van der Waals surface area contributed by atoms with E-state index in [-0.39, 0.29) is 21.7 Å². The van der Waals surface area contributed by atoms with E-state index in [1.165, 1.54) is 197 Å². The van der Waals surface area contributed by atoms with Crippen LogP contribution in [0.2, 0.25) is 0 Å². The van der Waals surface area contributed by atoms with Crippen molar-refractivity contribution in [2.45, 2.75) is 119 Å². The van der Waals surface area contributed by atoms with E-state index in [4.69, 9.17) is 0 Å². The molecule has 0 radical (unpaired) electrons. The van der Waals surface area contributed by atoms with Crippen LogP contribution < -0.4 is 0 Å². The molecule has 0 nitrogen and oxygen atoms in total. The van der Waals surface area contributed by atoms with Crippen LogP contribution in [0.1, 0.15) is 116 Å². The Hall–Kier alpha value is -8.32. The van der Waals surface area contributed by atoms with E-state index in [2.05, 4.69) is 267 Å². The van der Waals surface area contributed by atoms with Crippen molar-refractivity contribution >= 4 is 108 Å². The Balaban J connectivity index is 1.10. The summed E-state index contributed by atoms with van der Waals surface area (Å²) in [6.07, 6.45) is 0. The Morgan fingerprint density at radius 3 is 1.04 bits per heavy atom. The van der Waals surface area contributed by atoms with Gasteiger partial charge in [0, 0.05) is 0 Å². The van der Waals surface area contributed by atoms with Crippen LogP contribution in [0, 0.1) is 13.8 Å². The van der Waals surface area contributed by atoms with Crippen molar-refractivity contribution in [1.82, 2.24) is 0 Å². The van der Waals surface area contributed by atoms with Crippen molar-refractivity contribution in [1.29, 1.82) is 0 Å². The molecule has 0 heteroatoms. The second-order valence-corrected chi connectivity index (χ2v) is 28.9. The highest BCUT2D eigenvalue weighted by Crippen LogP contribution is 2.58. The molecule has 0 atom stereocenters. The van der Waals surface area contributed by atoms with Crippen LogP contribution >= 0.6 is 0 Å². The maximum Gasteiger partial charge on any atom is -0.000740 e. The summed E-state index contributed by atoms with van der Waals surface area (Å²) in [7, 11) is 0. The van der Waals surface area contributed by atoms with E-state index in [0.29, 0.717) is 0 Å². The van der Waals surface area contributed by atoms with Gasteiger partial charge in [0.1, 0.15) is 0 Å². The summed E-state index contributed by atoms with van der Waals surface area (Å²) < 4.78 is 0. The minimum absolute atomic E-state index is 0.0762. The van der Waals surface area contributed by atoms with Crippen LogP contribution in [0.5, 0.6) is 0 Å². The van der Waals surface area contributed by atoms with Crippen LogP contribution in [0.3, 0.4) is 0 Å². The Kier molecular flexibility index (Phi) is 9.80. The van der Waals surface area contributed by atoms with Crippen molar-refractivity contribution < 1.29 is 0 Å². The number of hydrogen-bond donors (Lipinski definition) is 0. The van der Waals surface area contributed by atoms with E-state index in [0.717, 1.165) is 0 Å². The van der Waals surface area contributed by atoms with Crippen molar-refractivity contribution in [3.8, 4) is 55.6 Å². The molecule has 0 saturated carbocycles. The molecule has 0 heterocycles. The average Bonchev–Trinajstić information content (AvgIpc) is 2.34. The average molecular weight is 1060 g/mol. The highest BCUT2D eigenvalue weighted by Gasteiger charge is 2.32. The Labute approximate surface area is 482 Å². The van der Waals surface area contributed by atoms with Crippen molar-refractivity contribution in [3.05, 3.63) is 203 Å². The van der Waals surface area contributed by atoms with Crippen LogP contribution in [0.15, 0.2) is 170 Å². The molecule has 398 valence electrons. The van der Waals surface area contributed by atoms with Gasteiger partial charge in [0.15, 0.2) is 0 Å². The van der Waals surface area contributed by atoms with E-state index in [9.17, 15) is 0 Å². The molecular formula is C82H70. The molecule has 1 aliphatic rings. The van der Waals surface area contributed by atoms with Gasteiger partial charge in [-0.25, -0.2) is 0 Å². The zero-order chi connectivity index (χ0) is 56.6. The van der Waals surface area contributed by atoms with Crippen LogP contribution in [-0.2, 0) is 21.7 Å². The molecule has 0 unspecified atom stereocenters. The van der Waals surface area contributed by atoms with Gasteiger partial charge in [0.25, 0.3) is 0 Å². The summed E-state index contributed by atoms with van der Waals surface area (Å²) in [6.45, 7) is 33.1. The van der Waals surface area contributed by atoms with Gasteiger partial charge in [-0.2, -0.15) is 0 Å². The van der Waals surface area contributed by atoms with E-state index in [1.807, 2.05) is 0 Å². The van der Waals surface area contributed by atoms with E-state index in [1.54, 1.807) is 0 Å². The standard InChI is InChI=1S/C82H70/c1-43-18-15-19-44(2)69(43)46-24-25-53-56-26-27-57-59-30-32-62-76-63(33-31-60(75(59)76)58-28-29-61(64(53)38-46)73(56)74(57)58)78-72(48-36-51(81(9,10)11)40-52(37-48)82(12,13)14)68-42-66-55-23-17-21-45-20-16-22-54(70(45)55)65(66)41-67(68)71(77(62)78)47-34-49(79(3,4)5)39-50(35-47)80(6,7)8/h15-42H,1-14H3. The summed E-state index contributed by atoms with van der Waals surface area (Å²) in [5.41, 5.74) is 21.0. The monoisotopic (exact) mass is 1050 g/mol. The van der Waals surface area contributed by atoms with Crippen molar-refractivity contribution in [2.75, 3.05) is 0 Å². The zero-order valence-corrected chi connectivity index (χ0v) is 50.2. The third kappa shape index (κ3) is 6.73. The maximum absolute atomic E-state index is 2.62. The fourth-order valence-electron chi connectivity index (χ4n) is 15.4. The lowest BCUT2D eigenvalue weighted by molar-refractivity contribution is 0.568. The van der Waals surface area contributed by atoms with Crippen LogP contribution in [0.25, 0.3) is 163 Å². The Morgan fingerprint density at radius 2 is 0.585 bits per heavy atom. The minimum atomic E-state index is -0.0762.